The first-order chi connectivity index (χ1) is 13.8. The first kappa shape index (κ1) is 23.0. The Kier molecular flexibility index (Phi) is 8.33. The van der Waals surface area contributed by atoms with Crippen molar-refractivity contribution in [2.24, 2.45) is 10.5 Å². The number of hydrazone groups is 1. The Morgan fingerprint density at radius 2 is 1.90 bits per heavy atom. The first-order valence-electron chi connectivity index (χ1n) is 9.55. The van der Waals surface area contributed by atoms with E-state index in [0.29, 0.717) is 19.7 Å². The summed E-state index contributed by atoms with van der Waals surface area (Å²) in [6, 6.07) is 2.70. The summed E-state index contributed by atoms with van der Waals surface area (Å²) < 4.78 is 38.8. The summed E-state index contributed by atoms with van der Waals surface area (Å²) in [5.41, 5.74) is -0.567. The van der Waals surface area contributed by atoms with Gasteiger partial charge in [-0.3, -0.25) is 0 Å². The van der Waals surface area contributed by atoms with Gasteiger partial charge in [-0.15, -0.1) is 10.3 Å². The molecule has 1 aliphatic rings. The predicted molar refractivity (Wildman–Crippen MR) is 105 cm³/mol. The van der Waals surface area contributed by atoms with Crippen LogP contribution < -0.4 is 4.74 Å². The molecule has 1 aliphatic carbocycles. The van der Waals surface area contributed by atoms with Crippen molar-refractivity contribution in [2.75, 3.05) is 47.5 Å². The second kappa shape index (κ2) is 10.5. The minimum atomic E-state index is -1.09. The number of hydroxylamine groups is 1. The molecule has 0 aromatic heterocycles. The largest absolute Gasteiger partial charge is 0.489 e. The van der Waals surface area contributed by atoms with Crippen molar-refractivity contribution in [1.29, 1.82) is 0 Å². The highest BCUT2D eigenvalue weighted by Gasteiger charge is 2.41. The van der Waals surface area contributed by atoms with Gasteiger partial charge in [0.25, 0.3) is 0 Å². The number of ether oxygens (including phenoxy) is 2. The van der Waals surface area contributed by atoms with E-state index in [1.165, 1.54) is 19.2 Å². The summed E-state index contributed by atoms with van der Waals surface area (Å²) in [6.45, 7) is 3.88. The third-order valence-corrected chi connectivity index (χ3v) is 5.01. The molecule has 0 saturated heterocycles. The molecular weight excluding hydrogens is 384 g/mol. The quantitative estimate of drug-likeness (QED) is 0.411. The van der Waals surface area contributed by atoms with E-state index in [0.717, 1.165) is 30.6 Å². The Morgan fingerprint density at radius 3 is 2.52 bits per heavy atom. The summed E-state index contributed by atoms with van der Waals surface area (Å²) in [4.78, 5) is 19.1. The highest BCUT2D eigenvalue weighted by atomic mass is 19.2. The Labute approximate surface area is 170 Å². The van der Waals surface area contributed by atoms with Crippen LogP contribution in [0.4, 0.5) is 8.78 Å². The van der Waals surface area contributed by atoms with Crippen molar-refractivity contribution >= 4 is 12.2 Å². The van der Waals surface area contributed by atoms with E-state index in [1.807, 2.05) is 18.9 Å². The molecule has 162 valence electrons. The van der Waals surface area contributed by atoms with Crippen LogP contribution in [0.2, 0.25) is 0 Å². The van der Waals surface area contributed by atoms with Crippen molar-refractivity contribution in [3.63, 3.8) is 0 Å². The van der Waals surface area contributed by atoms with Crippen molar-refractivity contribution in [2.45, 2.75) is 26.2 Å². The smallest absolute Gasteiger partial charge is 0.340 e. The molecule has 29 heavy (non-hydrogen) atoms. The van der Waals surface area contributed by atoms with Gasteiger partial charge in [-0.05, 0) is 38.9 Å². The lowest BCUT2D eigenvalue weighted by molar-refractivity contribution is -0.200. The summed E-state index contributed by atoms with van der Waals surface area (Å²) in [5.74, 6) is -2.72. The molecule has 0 unspecified atom stereocenters. The lowest BCUT2D eigenvalue weighted by Gasteiger charge is -2.35. The molecule has 0 atom stereocenters. The van der Waals surface area contributed by atoms with Crippen LogP contribution in [0.25, 0.3) is 0 Å². The van der Waals surface area contributed by atoms with Crippen LogP contribution >= 0.6 is 0 Å². The molecule has 7 nitrogen and oxygen atoms in total. The van der Waals surface area contributed by atoms with E-state index in [4.69, 9.17) is 14.3 Å². The molecule has 0 N–H and O–H groups in total. The fourth-order valence-corrected chi connectivity index (χ4v) is 2.74. The molecule has 0 bridgehead atoms. The second-order valence-electron chi connectivity index (χ2n) is 7.43. The van der Waals surface area contributed by atoms with E-state index in [9.17, 15) is 13.6 Å². The summed E-state index contributed by atoms with van der Waals surface area (Å²) in [5, 5.41) is 4.80. The minimum Gasteiger partial charge on any atom is -0.489 e. The predicted octanol–water partition coefficient (Wildman–Crippen LogP) is 2.84. The number of benzene rings is 1. The minimum absolute atomic E-state index is 0.0789. The van der Waals surface area contributed by atoms with Gasteiger partial charge >= 0.3 is 5.97 Å². The normalized spacial score (nSPS) is 15.4. The number of halogens is 2. The topological polar surface area (TPSA) is 63.6 Å². The zero-order chi connectivity index (χ0) is 21.4. The number of likely N-dealkylation sites (N-methyl/N-ethyl adjacent to an activating group) is 1. The number of methoxy groups -OCH3 is 1. The molecule has 2 rings (SSSR count). The van der Waals surface area contributed by atoms with Gasteiger partial charge in [0.1, 0.15) is 6.61 Å². The third-order valence-electron chi connectivity index (χ3n) is 5.01. The number of hydrogen-bond acceptors (Lipinski definition) is 7. The number of carbonyl (C=O) groups is 1. The SMILES string of the molecule is COCCN(C)CCOc1ccc(C=NN(C)OC(=O)C2(C)CCC2)c(F)c1F. The van der Waals surface area contributed by atoms with Crippen LogP contribution in [-0.4, -0.2) is 69.8 Å². The van der Waals surface area contributed by atoms with Gasteiger partial charge in [-0.1, -0.05) is 6.42 Å². The summed E-state index contributed by atoms with van der Waals surface area (Å²) in [7, 11) is 4.92. The van der Waals surface area contributed by atoms with Gasteiger partial charge in [-0.2, -0.15) is 4.39 Å². The lowest BCUT2D eigenvalue weighted by Crippen LogP contribution is -2.38. The maximum Gasteiger partial charge on any atom is 0.340 e. The number of rotatable bonds is 11. The second-order valence-corrected chi connectivity index (χ2v) is 7.43. The third kappa shape index (κ3) is 6.37. The van der Waals surface area contributed by atoms with E-state index in [2.05, 4.69) is 5.10 Å². The van der Waals surface area contributed by atoms with Crippen molar-refractivity contribution in [3.05, 3.63) is 29.3 Å². The van der Waals surface area contributed by atoms with Crippen molar-refractivity contribution in [1.82, 2.24) is 10.1 Å². The van der Waals surface area contributed by atoms with Gasteiger partial charge in [0.05, 0.1) is 25.3 Å². The van der Waals surface area contributed by atoms with Crippen molar-refractivity contribution in [3.8, 4) is 5.75 Å². The lowest BCUT2D eigenvalue weighted by atomic mass is 9.71. The summed E-state index contributed by atoms with van der Waals surface area (Å²) >= 11 is 0. The van der Waals surface area contributed by atoms with Gasteiger partial charge in [0, 0.05) is 25.8 Å². The standard InChI is InChI=1S/C20H29F2N3O4/c1-20(8-5-9-20)19(26)29-25(3)23-14-15-6-7-16(18(22)17(15)21)28-13-11-24(2)10-12-27-4/h6-7,14H,5,8-13H2,1-4H3. The van der Waals surface area contributed by atoms with Crippen LogP contribution in [-0.2, 0) is 14.4 Å². The molecule has 0 amide bonds. The molecule has 9 heteroatoms. The van der Waals surface area contributed by atoms with Gasteiger partial charge in [0.15, 0.2) is 11.6 Å². The zero-order valence-corrected chi connectivity index (χ0v) is 17.4. The Hall–Kier alpha value is -2.26. The molecule has 0 radical (unpaired) electrons. The van der Waals surface area contributed by atoms with Gasteiger partial charge in [-0.25, -0.2) is 9.18 Å². The number of nitrogens with zero attached hydrogens (tertiary/aromatic N) is 3. The zero-order valence-electron chi connectivity index (χ0n) is 17.4. The van der Waals surface area contributed by atoms with Gasteiger partial charge < -0.3 is 19.2 Å². The van der Waals surface area contributed by atoms with E-state index < -0.39 is 17.0 Å². The average molecular weight is 413 g/mol. The van der Waals surface area contributed by atoms with E-state index >= 15 is 0 Å². The average Bonchev–Trinajstić information content (AvgIpc) is 2.66. The molecule has 1 saturated carbocycles. The molecule has 1 aromatic carbocycles. The highest BCUT2D eigenvalue weighted by molar-refractivity contribution is 5.80. The van der Waals surface area contributed by atoms with Crippen LogP contribution in [0, 0.1) is 17.0 Å². The fraction of sp³-hybridized carbons (Fsp3) is 0.600. The molecule has 0 aliphatic heterocycles. The van der Waals surface area contributed by atoms with Crippen LogP contribution in [0.3, 0.4) is 0 Å². The first-order valence-corrected chi connectivity index (χ1v) is 9.55. The number of carbonyl (C=O) groups excluding carboxylic acids is 1. The van der Waals surface area contributed by atoms with Crippen molar-refractivity contribution < 1.29 is 27.9 Å². The molecular formula is C20H29F2N3O4. The van der Waals surface area contributed by atoms with Gasteiger partial charge in [0.2, 0.25) is 5.82 Å². The van der Waals surface area contributed by atoms with Crippen LogP contribution in [0.15, 0.2) is 17.2 Å². The maximum absolute atomic E-state index is 14.3. The molecule has 0 heterocycles. The molecule has 0 spiro atoms. The summed E-state index contributed by atoms with van der Waals surface area (Å²) in [6.07, 6.45) is 3.62. The van der Waals surface area contributed by atoms with E-state index in [-0.39, 0.29) is 23.9 Å². The molecule has 1 aromatic rings. The fourth-order valence-electron chi connectivity index (χ4n) is 2.74. The van der Waals surface area contributed by atoms with Crippen LogP contribution in [0.5, 0.6) is 5.75 Å². The molecule has 1 fully saturated rings. The Bertz CT molecular complexity index is 726. The Balaban J connectivity index is 1.89. The maximum atomic E-state index is 14.3. The van der Waals surface area contributed by atoms with Crippen LogP contribution in [0.1, 0.15) is 31.7 Å². The Morgan fingerprint density at radius 1 is 1.21 bits per heavy atom. The van der Waals surface area contributed by atoms with E-state index in [1.54, 1.807) is 7.11 Å². The highest BCUT2D eigenvalue weighted by Crippen LogP contribution is 2.41. The number of hydrogen-bond donors (Lipinski definition) is 0. The monoisotopic (exact) mass is 413 g/mol.